The van der Waals surface area contributed by atoms with Crippen LogP contribution in [0.4, 0.5) is 5.95 Å². The lowest BCUT2D eigenvalue weighted by atomic mass is 10.1. The first-order valence-electron chi connectivity index (χ1n) is 7.26. The van der Waals surface area contributed by atoms with E-state index in [1.165, 1.54) is 0 Å². The summed E-state index contributed by atoms with van der Waals surface area (Å²) in [5.41, 5.74) is 0.564. The van der Waals surface area contributed by atoms with E-state index in [0.717, 1.165) is 45.0 Å². The van der Waals surface area contributed by atoms with Crippen molar-refractivity contribution < 1.29 is 4.79 Å². The molecule has 106 valence electrons. The zero-order valence-electron chi connectivity index (χ0n) is 12.1. The van der Waals surface area contributed by atoms with Crippen LogP contribution in [-0.2, 0) is 6.54 Å². The number of imidazole rings is 1. The largest absolute Gasteiger partial charge is 0.356 e. The van der Waals surface area contributed by atoms with Crippen LogP contribution in [0.1, 0.15) is 44.1 Å². The van der Waals surface area contributed by atoms with E-state index < -0.39 is 0 Å². The summed E-state index contributed by atoms with van der Waals surface area (Å²) in [4.78, 5) is 18.8. The monoisotopic (exact) mass is 264 g/mol. The minimum atomic E-state index is 0.0477. The predicted molar refractivity (Wildman–Crippen MR) is 76.4 cm³/mol. The van der Waals surface area contributed by atoms with Crippen molar-refractivity contribution in [3.05, 3.63) is 11.9 Å². The maximum atomic E-state index is 12.5. The second kappa shape index (κ2) is 6.08. The Kier molecular flexibility index (Phi) is 4.45. The van der Waals surface area contributed by atoms with Crippen LogP contribution in [0.2, 0.25) is 0 Å². The Labute approximate surface area is 115 Å². The minimum Gasteiger partial charge on any atom is -0.356 e. The van der Waals surface area contributed by atoms with Gasteiger partial charge in [0.15, 0.2) is 0 Å². The molecule has 1 aliphatic rings. The number of nitrogens with zero attached hydrogens (tertiary/aromatic N) is 3. The van der Waals surface area contributed by atoms with E-state index in [1.54, 1.807) is 0 Å². The molecule has 1 aliphatic heterocycles. The van der Waals surface area contributed by atoms with Crippen LogP contribution in [0.25, 0.3) is 0 Å². The van der Waals surface area contributed by atoms with Crippen LogP contribution in [0.3, 0.4) is 0 Å². The van der Waals surface area contributed by atoms with Gasteiger partial charge in [-0.25, -0.2) is 4.98 Å². The molecule has 0 spiro atoms. The van der Waals surface area contributed by atoms with E-state index in [1.807, 2.05) is 22.6 Å². The van der Waals surface area contributed by atoms with Crippen molar-refractivity contribution in [3.63, 3.8) is 0 Å². The highest BCUT2D eigenvalue weighted by Gasteiger charge is 2.21. The number of nitrogens with one attached hydrogen (secondary N) is 1. The van der Waals surface area contributed by atoms with E-state index in [4.69, 9.17) is 0 Å². The number of hydrogen-bond acceptors (Lipinski definition) is 3. The summed E-state index contributed by atoms with van der Waals surface area (Å²) in [6.45, 7) is 9.78. The smallest absolute Gasteiger partial charge is 0.274 e. The van der Waals surface area contributed by atoms with Gasteiger partial charge in [-0.1, -0.05) is 20.3 Å². The maximum Gasteiger partial charge on any atom is 0.274 e. The van der Waals surface area contributed by atoms with Crippen molar-refractivity contribution >= 4 is 11.9 Å². The second-order valence-electron chi connectivity index (χ2n) is 5.28. The fraction of sp³-hybridized carbons (Fsp3) is 0.714. The molecular weight excluding hydrogens is 240 g/mol. The molecule has 0 saturated heterocycles. The van der Waals surface area contributed by atoms with Gasteiger partial charge < -0.3 is 14.8 Å². The van der Waals surface area contributed by atoms with Crippen molar-refractivity contribution in [1.29, 1.82) is 0 Å². The van der Waals surface area contributed by atoms with Crippen LogP contribution in [0.15, 0.2) is 6.20 Å². The lowest BCUT2D eigenvalue weighted by Crippen LogP contribution is -2.34. The Hall–Kier alpha value is -1.52. The third-order valence-electron chi connectivity index (χ3n) is 3.75. The second-order valence-corrected chi connectivity index (χ2v) is 5.28. The van der Waals surface area contributed by atoms with Crippen LogP contribution in [0.5, 0.6) is 0 Å². The molecule has 0 aromatic carbocycles. The van der Waals surface area contributed by atoms with Crippen LogP contribution in [-0.4, -0.2) is 40.0 Å². The number of carbonyl (C=O) groups is 1. The lowest BCUT2D eigenvalue weighted by molar-refractivity contribution is 0.0735. The van der Waals surface area contributed by atoms with E-state index in [0.29, 0.717) is 11.6 Å². The van der Waals surface area contributed by atoms with Gasteiger partial charge in [0.1, 0.15) is 5.69 Å². The van der Waals surface area contributed by atoms with Gasteiger partial charge in [0.25, 0.3) is 5.91 Å². The third-order valence-corrected chi connectivity index (χ3v) is 3.75. The molecule has 5 nitrogen and oxygen atoms in total. The molecule has 0 radical (unpaired) electrons. The number of fused-ring (bicyclic) bond motifs is 1. The van der Waals surface area contributed by atoms with Crippen molar-refractivity contribution in [1.82, 2.24) is 14.5 Å². The molecule has 0 saturated carbocycles. The third kappa shape index (κ3) is 3.08. The summed E-state index contributed by atoms with van der Waals surface area (Å²) in [5.74, 6) is 1.40. The van der Waals surface area contributed by atoms with Crippen LogP contribution in [0, 0.1) is 5.92 Å². The summed E-state index contributed by atoms with van der Waals surface area (Å²) < 4.78 is 2.04. The molecule has 1 aromatic heterocycles. The first-order chi connectivity index (χ1) is 9.15. The van der Waals surface area contributed by atoms with E-state index in [-0.39, 0.29) is 5.91 Å². The molecule has 0 fully saturated rings. The fourth-order valence-corrected chi connectivity index (χ4v) is 2.30. The Morgan fingerprint density at radius 3 is 3.00 bits per heavy atom. The van der Waals surface area contributed by atoms with Crippen molar-refractivity contribution in [2.45, 2.75) is 40.2 Å². The first kappa shape index (κ1) is 13.9. The Morgan fingerprint density at radius 1 is 1.58 bits per heavy atom. The highest BCUT2D eigenvalue weighted by molar-refractivity contribution is 5.92. The summed E-state index contributed by atoms with van der Waals surface area (Å²) in [6, 6.07) is 0. The molecule has 1 unspecified atom stereocenters. The SMILES string of the molecule is CCC(C)CN(CC)C(=O)c1cn2c(n1)NCCC2. The van der Waals surface area contributed by atoms with Crippen molar-refractivity contribution in [3.8, 4) is 0 Å². The maximum absolute atomic E-state index is 12.5. The van der Waals surface area contributed by atoms with Gasteiger partial charge in [-0.05, 0) is 19.3 Å². The lowest BCUT2D eigenvalue weighted by Gasteiger charge is -2.23. The molecule has 1 atom stereocenters. The summed E-state index contributed by atoms with van der Waals surface area (Å²) >= 11 is 0. The van der Waals surface area contributed by atoms with Gasteiger partial charge in [0, 0.05) is 32.4 Å². The molecule has 2 rings (SSSR count). The van der Waals surface area contributed by atoms with Crippen molar-refractivity contribution in [2.24, 2.45) is 5.92 Å². The first-order valence-corrected chi connectivity index (χ1v) is 7.26. The molecule has 1 aromatic rings. The molecule has 0 bridgehead atoms. The minimum absolute atomic E-state index is 0.0477. The zero-order valence-corrected chi connectivity index (χ0v) is 12.1. The summed E-state index contributed by atoms with van der Waals surface area (Å²) in [5, 5.41) is 3.23. The van der Waals surface area contributed by atoms with Crippen LogP contribution < -0.4 is 5.32 Å². The Bertz CT molecular complexity index is 417. The van der Waals surface area contributed by atoms with E-state index in [9.17, 15) is 4.79 Å². The average Bonchev–Trinajstić information content (AvgIpc) is 2.87. The molecular formula is C14H24N4O. The van der Waals surface area contributed by atoms with E-state index >= 15 is 0 Å². The average molecular weight is 264 g/mol. The number of carbonyl (C=O) groups excluding carboxylic acids is 1. The summed E-state index contributed by atoms with van der Waals surface area (Å²) in [6.07, 6.45) is 4.05. The number of aryl methyl sites for hydroxylation is 1. The Balaban J connectivity index is 2.10. The van der Waals surface area contributed by atoms with Gasteiger partial charge in [-0.3, -0.25) is 4.79 Å². The highest BCUT2D eigenvalue weighted by Crippen LogP contribution is 2.16. The van der Waals surface area contributed by atoms with Gasteiger partial charge in [-0.2, -0.15) is 0 Å². The molecule has 0 aliphatic carbocycles. The number of rotatable bonds is 5. The Morgan fingerprint density at radius 2 is 2.37 bits per heavy atom. The fourth-order valence-electron chi connectivity index (χ4n) is 2.30. The summed E-state index contributed by atoms with van der Waals surface area (Å²) in [7, 11) is 0. The number of anilines is 1. The normalized spacial score (nSPS) is 15.5. The molecule has 1 N–H and O–H groups in total. The van der Waals surface area contributed by atoms with Gasteiger partial charge in [0.05, 0.1) is 0 Å². The topological polar surface area (TPSA) is 50.2 Å². The number of hydrogen-bond donors (Lipinski definition) is 1. The standard InChI is InChI=1S/C14H24N4O/c1-4-11(3)9-17(5-2)13(19)12-10-18-8-6-7-15-14(18)16-12/h10-11H,4-9H2,1-3H3,(H,15,16). The molecule has 19 heavy (non-hydrogen) atoms. The molecule has 1 amide bonds. The van der Waals surface area contributed by atoms with Gasteiger partial charge in [-0.15, -0.1) is 0 Å². The molecule has 5 heteroatoms. The zero-order chi connectivity index (χ0) is 13.8. The van der Waals surface area contributed by atoms with E-state index in [2.05, 4.69) is 24.1 Å². The quantitative estimate of drug-likeness (QED) is 0.887. The molecule has 2 heterocycles. The van der Waals surface area contributed by atoms with Crippen molar-refractivity contribution in [2.75, 3.05) is 25.0 Å². The number of aromatic nitrogens is 2. The van der Waals surface area contributed by atoms with Crippen LogP contribution >= 0.6 is 0 Å². The highest BCUT2D eigenvalue weighted by atomic mass is 16.2. The number of amides is 1. The predicted octanol–water partition coefficient (Wildman–Crippen LogP) is 2.21. The van der Waals surface area contributed by atoms with Gasteiger partial charge in [0.2, 0.25) is 5.95 Å². The van der Waals surface area contributed by atoms with Gasteiger partial charge >= 0.3 is 0 Å².